The smallest absolute Gasteiger partial charge is 0.264 e. The molecule has 48 heavy (non-hydrogen) atoms. The van der Waals surface area contributed by atoms with Crippen molar-refractivity contribution in [3.63, 3.8) is 0 Å². The lowest BCUT2D eigenvalue weighted by Gasteiger charge is -2.34. The number of sulfonamides is 1. The fourth-order valence-corrected chi connectivity index (χ4v) is 7.11. The number of amides is 2. The van der Waals surface area contributed by atoms with Crippen molar-refractivity contribution in [1.29, 1.82) is 0 Å². The average molecular weight is 737 g/mol. The van der Waals surface area contributed by atoms with Crippen molar-refractivity contribution < 1.29 is 27.5 Å². The molecule has 0 aliphatic carbocycles. The van der Waals surface area contributed by atoms with Crippen LogP contribution in [0.3, 0.4) is 0 Å². The molecule has 4 rings (SSSR count). The summed E-state index contributed by atoms with van der Waals surface area (Å²) >= 11 is 3.51. The molecule has 4 aromatic rings. The molecule has 0 radical (unpaired) electrons. The number of rotatable bonds is 16. The van der Waals surface area contributed by atoms with Crippen molar-refractivity contribution in [3.05, 3.63) is 118 Å². The molecule has 0 bridgehead atoms. The molecule has 0 aromatic heterocycles. The lowest BCUT2D eigenvalue weighted by Crippen LogP contribution is -2.53. The summed E-state index contributed by atoms with van der Waals surface area (Å²) in [5, 5.41) is 3.01. The van der Waals surface area contributed by atoms with Gasteiger partial charge in [-0.1, -0.05) is 89.4 Å². The zero-order valence-electron chi connectivity index (χ0n) is 27.7. The van der Waals surface area contributed by atoms with Gasteiger partial charge in [-0.15, -0.1) is 0 Å². The van der Waals surface area contributed by atoms with Crippen LogP contribution >= 0.6 is 15.9 Å². The highest BCUT2D eigenvalue weighted by atomic mass is 79.9. The molecule has 11 heteroatoms. The Bertz CT molecular complexity index is 1780. The predicted octanol–water partition coefficient (Wildman–Crippen LogP) is 6.53. The Morgan fingerprint density at radius 2 is 1.54 bits per heavy atom. The van der Waals surface area contributed by atoms with Crippen LogP contribution in [0, 0.1) is 6.92 Å². The number of nitrogens with zero attached hydrogens (tertiary/aromatic N) is 2. The first-order valence-corrected chi connectivity index (χ1v) is 18.0. The second-order valence-electron chi connectivity index (χ2n) is 11.4. The van der Waals surface area contributed by atoms with Crippen LogP contribution in [-0.4, -0.2) is 58.5 Å². The van der Waals surface area contributed by atoms with Crippen LogP contribution in [0.1, 0.15) is 36.5 Å². The largest absolute Gasteiger partial charge is 0.493 e. The minimum absolute atomic E-state index is 0.0785. The standard InChI is InChI=1S/C37H42BrN3O6S/c1-5-6-21-39-37(43)33(23-28-11-8-7-9-12-28)40(25-29-13-10-14-30(38)22-29)36(42)26-41(31-17-15-27(2)16-18-31)48(44,45)32-19-20-34(46-3)35(24-32)47-4/h7-20,22,24,33H,5-6,21,23,25-26H2,1-4H3,(H,39,43). The molecule has 0 saturated heterocycles. The van der Waals surface area contributed by atoms with E-state index < -0.39 is 28.5 Å². The van der Waals surface area contributed by atoms with Crippen molar-refractivity contribution in [2.75, 3.05) is 31.6 Å². The molecule has 1 unspecified atom stereocenters. The van der Waals surface area contributed by atoms with Gasteiger partial charge in [0.05, 0.1) is 24.8 Å². The van der Waals surface area contributed by atoms with Gasteiger partial charge in [-0.3, -0.25) is 13.9 Å². The third-order valence-corrected chi connectivity index (χ3v) is 10.1. The maximum atomic E-state index is 14.6. The molecule has 4 aromatic carbocycles. The maximum Gasteiger partial charge on any atom is 0.264 e. The minimum Gasteiger partial charge on any atom is -0.493 e. The number of carbonyl (C=O) groups is 2. The number of hydrogen-bond acceptors (Lipinski definition) is 6. The van der Waals surface area contributed by atoms with Gasteiger partial charge in [0.2, 0.25) is 11.8 Å². The van der Waals surface area contributed by atoms with Gasteiger partial charge in [-0.25, -0.2) is 8.42 Å². The monoisotopic (exact) mass is 735 g/mol. The normalized spacial score (nSPS) is 11.8. The maximum absolute atomic E-state index is 14.6. The van der Waals surface area contributed by atoms with Gasteiger partial charge in [0.1, 0.15) is 12.6 Å². The highest BCUT2D eigenvalue weighted by Crippen LogP contribution is 2.32. The lowest BCUT2D eigenvalue weighted by atomic mass is 10.0. The molecule has 1 atom stereocenters. The Morgan fingerprint density at radius 3 is 2.19 bits per heavy atom. The quantitative estimate of drug-likeness (QED) is 0.131. The molecule has 0 spiro atoms. The van der Waals surface area contributed by atoms with Gasteiger partial charge < -0.3 is 19.7 Å². The first-order chi connectivity index (χ1) is 23.1. The molecule has 9 nitrogen and oxygen atoms in total. The van der Waals surface area contributed by atoms with Crippen LogP contribution in [0.15, 0.2) is 106 Å². The molecule has 0 fully saturated rings. The van der Waals surface area contributed by atoms with Crippen LogP contribution in [-0.2, 0) is 32.6 Å². The van der Waals surface area contributed by atoms with Crippen molar-refractivity contribution in [3.8, 4) is 11.5 Å². The van der Waals surface area contributed by atoms with Crippen LogP contribution in [0.4, 0.5) is 5.69 Å². The molecule has 0 heterocycles. The van der Waals surface area contributed by atoms with Crippen molar-refractivity contribution in [2.24, 2.45) is 0 Å². The first kappa shape index (κ1) is 36.5. The Hall–Kier alpha value is -4.35. The van der Waals surface area contributed by atoms with E-state index in [-0.39, 0.29) is 29.5 Å². The Kier molecular flexibility index (Phi) is 13.0. The van der Waals surface area contributed by atoms with Gasteiger partial charge in [-0.05, 0) is 60.9 Å². The lowest BCUT2D eigenvalue weighted by molar-refractivity contribution is -0.140. The van der Waals surface area contributed by atoms with Gasteiger partial charge in [0, 0.05) is 30.0 Å². The fraction of sp³-hybridized carbons (Fsp3) is 0.297. The second kappa shape index (κ2) is 17.2. The highest BCUT2D eigenvalue weighted by molar-refractivity contribution is 9.10. The van der Waals surface area contributed by atoms with Crippen molar-refractivity contribution in [1.82, 2.24) is 10.2 Å². The molecule has 2 amide bonds. The van der Waals surface area contributed by atoms with E-state index in [4.69, 9.17) is 9.47 Å². The van der Waals surface area contributed by atoms with E-state index in [2.05, 4.69) is 21.2 Å². The minimum atomic E-state index is -4.31. The molecular weight excluding hydrogens is 694 g/mol. The number of aryl methyl sites for hydroxylation is 1. The summed E-state index contributed by atoms with van der Waals surface area (Å²) < 4.78 is 41.4. The summed E-state index contributed by atoms with van der Waals surface area (Å²) in [4.78, 5) is 29.9. The average Bonchev–Trinajstić information content (AvgIpc) is 3.09. The number of ether oxygens (including phenoxy) is 2. The molecular formula is C37H42BrN3O6S. The number of anilines is 1. The van der Waals surface area contributed by atoms with E-state index in [0.717, 1.165) is 38.3 Å². The fourth-order valence-electron chi connectivity index (χ4n) is 5.24. The number of hydrogen-bond donors (Lipinski definition) is 1. The SMILES string of the molecule is CCCCNC(=O)C(Cc1ccccc1)N(Cc1cccc(Br)c1)C(=O)CN(c1ccc(C)cc1)S(=O)(=O)c1ccc(OC)c(OC)c1. The third kappa shape index (κ3) is 9.38. The predicted molar refractivity (Wildman–Crippen MR) is 192 cm³/mol. The topological polar surface area (TPSA) is 105 Å². The summed E-state index contributed by atoms with van der Waals surface area (Å²) in [5.41, 5.74) is 2.88. The van der Waals surface area contributed by atoms with E-state index in [1.165, 1.54) is 37.3 Å². The van der Waals surface area contributed by atoms with Gasteiger partial charge in [0.25, 0.3) is 10.0 Å². The second-order valence-corrected chi connectivity index (χ2v) is 14.1. The number of unbranched alkanes of at least 4 members (excludes halogenated alkanes) is 1. The summed E-state index contributed by atoms with van der Waals surface area (Å²) in [6.07, 6.45) is 1.92. The van der Waals surface area contributed by atoms with E-state index >= 15 is 0 Å². The summed E-state index contributed by atoms with van der Waals surface area (Å²) in [6.45, 7) is 3.92. The van der Waals surface area contributed by atoms with E-state index in [1.807, 2.05) is 68.4 Å². The van der Waals surface area contributed by atoms with Crippen molar-refractivity contribution in [2.45, 2.75) is 50.6 Å². The van der Waals surface area contributed by atoms with Crippen LogP contribution in [0.25, 0.3) is 0 Å². The molecule has 0 aliphatic heterocycles. The van der Waals surface area contributed by atoms with E-state index in [0.29, 0.717) is 18.0 Å². The Balaban J connectivity index is 1.81. The van der Waals surface area contributed by atoms with Crippen LogP contribution in [0.2, 0.25) is 0 Å². The number of carbonyl (C=O) groups excluding carboxylic acids is 2. The zero-order chi connectivity index (χ0) is 34.7. The number of halogens is 1. The summed E-state index contributed by atoms with van der Waals surface area (Å²) in [5.74, 6) is -0.240. The number of nitrogens with one attached hydrogen (secondary N) is 1. The molecule has 254 valence electrons. The van der Waals surface area contributed by atoms with Gasteiger partial charge >= 0.3 is 0 Å². The number of methoxy groups -OCH3 is 2. The Labute approximate surface area is 292 Å². The highest BCUT2D eigenvalue weighted by Gasteiger charge is 2.35. The van der Waals surface area contributed by atoms with Crippen LogP contribution in [0.5, 0.6) is 11.5 Å². The molecule has 1 N–H and O–H groups in total. The zero-order valence-corrected chi connectivity index (χ0v) is 30.1. The Morgan fingerprint density at radius 1 is 0.854 bits per heavy atom. The number of benzene rings is 4. The first-order valence-electron chi connectivity index (χ1n) is 15.7. The van der Waals surface area contributed by atoms with E-state index in [1.54, 1.807) is 24.3 Å². The van der Waals surface area contributed by atoms with Crippen molar-refractivity contribution >= 4 is 43.5 Å². The summed E-state index contributed by atoms with van der Waals surface area (Å²) in [7, 11) is -1.42. The van der Waals surface area contributed by atoms with E-state index in [9.17, 15) is 18.0 Å². The van der Waals surface area contributed by atoms with Gasteiger partial charge in [-0.2, -0.15) is 0 Å². The van der Waals surface area contributed by atoms with Gasteiger partial charge in [0.15, 0.2) is 11.5 Å². The molecule has 0 aliphatic rings. The molecule has 0 saturated carbocycles. The summed E-state index contributed by atoms with van der Waals surface area (Å²) in [6, 6.07) is 27.3. The third-order valence-electron chi connectivity index (χ3n) is 7.89. The van der Waals surface area contributed by atoms with Crippen LogP contribution < -0.4 is 19.1 Å².